The van der Waals surface area contributed by atoms with E-state index in [9.17, 15) is 0 Å². The molecule has 0 spiro atoms. The molecule has 0 heterocycles. The van der Waals surface area contributed by atoms with Crippen LogP contribution in [0.4, 0.5) is 0 Å². The second-order valence-corrected chi connectivity index (χ2v) is 19.8. The molecule has 1 rings (SSSR count). The van der Waals surface area contributed by atoms with Crippen LogP contribution >= 0.6 is 0 Å². The van der Waals surface area contributed by atoms with E-state index in [1.54, 1.807) is 11.1 Å². The van der Waals surface area contributed by atoms with E-state index in [1.165, 1.54) is 38.5 Å². The summed E-state index contributed by atoms with van der Waals surface area (Å²) in [5.41, 5.74) is 3.29. The maximum atomic E-state index is 2.71. The number of hydrogen-bond donors (Lipinski definition) is 0. The molecule has 140 valence electrons. The van der Waals surface area contributed by atoms with Crippen molar-refractivity contribution in [3.05, 3.63) is 23.3 Å². The summed E-state index contributed by atoms with van der Waals surface area (Å²) in [7, 11) is 13.9. The topological polar surface area (TPSA) is 9.72 Å². The fourth-order valence-corrected chi connectivity index (χ4v) is 21.0. The van der Waals surface area contributed by atoms with Gasteiger partial charge in [0, 0.05) is 0 Å². The van der Waals surface area contributed by atoms with Gasteiger partial charge in [0.05, 0.1) is 0 Å². The van der Waals surface area contributed by atoms with E-state index in [2.05, 4.69) is 83.7 Å². The predicted octanol–water partition coefficient (Wildman–Crippen LogP) is 5.00. The first-order chi connectivity index (χ1) is 11.2. The molecule has 0 aromatic rings. The Kier molecular flexibility index (Phi) is 8.60. The van der Waals surface area contributed by atoms with Crippen LogP contribution in [0, 0.1) is 0 Å². The Morgan fingerprint density at radius 2 is 1.29 bits per heavy atom. The summed E-state index contributed by atoms with van der Waals surface area (Å²) >= 11 is -3.06. The van der Waals surface area contributed by atoms with E-state index >= 15 is 0 Å². The normalized spacial score (nSPS) is 21.8. The van der Waals surface area contributed by atoms with Crippen LogP contribution in [0.3, 0.4) is 0 Å². The van der Waals surface area contributed by atoms with Crippen LogP contribution in [-0.4, -0.2) is 50.8 Å². The van der Waals surface area contributed by atoms with Crippen molar-refractivity contribution in [1.82, 2.24) is 8.53 Å². The van der Waals surface area contributed by atoms with Crippen LogP contribution in [0.15, 0.2) is 23.3 Å². The van der Waals surface area contributed by atoms with Crippen LogP contribution in [0.1, 0.15) is 59.3 Å². The summed E-state index contributed by atoms with van der Waals surface area (Å²) in [5.74, 6) is 0. The Hall–Kier alpha value is 0.243. The molecular weight excluding hydrogens is 373 g/mol. The Morgan fingerprint density at radius 3 is 1.67 bits per heavy atom. The van der Waals surface area contributed by atoms with E-state index in [-0.39, 0.29) is 3.12 Å². The quantitative estimate of drug-likeness (QED) is 0.498. The van der Waals surface area contributed by atoms with Gasteiger partial charge in [-0.3, -0.25) is 0 Å². The van der Waals surface area contributed by atoms with Crippen LogP contribution in [0.25, 0.3) is 0 Å². The molecule has 0 radical (unpaired) electrons. The molecule has 0 bridgehead atoms. The van der Waals surface area contributed by atoms with Crippen molar-refractivity contribution in [2.45, 2.75) is 62.4 Å². The molecule has 1 aliphatic carbocycles. The van der Waals surface area contributed by atoms with Gasteiger partial charge in [-0.1, -0.05) is 0 Å². The fraction of sp³-hybridized carbons (Fsp3) is 0.800. The van der Waals surface area contributed by atoms with E-state index in [0.717, 1.165) is 0 Å². The zero-order valence-electron chi connectivity index (χ0n) is 17.7. The molecule has 0 N–H and O–H groups in total. The van der Waals surface area contributed by atoms with Gasteiger partial charge in [-0.15, -0.1) is 0 Å². The predicted molar refractivity (Wildman–Crippen MR) is 105 cm³/mol. The molecule has 0 aliphatic heterocycles. The molecule has 0 aromatic carbocycles. The van der Waals surface area contributed by atoms with Gasteiger partial charge in [-0.25, -0.2) is 0 Å². The molecule has 0 amide bonds. The monoisotopic (exact) mass is 413 g/mol. The van der Waals surface area contributed by atoms with Crippen molar-refractivity contribution in [1.29, 1.82) is 0 Å². The van der Waals surface area contributed by atoms with E-state index in [1.807, 2.05) is 0 Å². The fourth-order valence-electron chi connectivity index (χ4n) is 5.31. The summed E-state index contributed by atoms with van der Waals surface area (Å²) < 4.78 is 8.12. The third-order valence-corrected chi connectivity index (χ3v) is 19.4. The van der Waals surface area contributed by atoms with Gasteiger partial charge in [-0.2, -0.15) is 0 Å². The second-order valence-electron chi connectivity index (χ2n) is 7.93. The average Bonchev–Trinajstić information content (AvgIpc) is 2.78. The number of rotatable bonds is 10. The molecule has 0 saturated heterocycles. The summed E-state index contributed by atoms with van der Waals surface area (Å²) in [6.07, 6.45) is 12.7. The number of allylic oxidation sites excluding steroid dienone is 4. The van der Waals surface area contributed by atoms with Crippen molar-refractivity contribution in [3.63, 3.8) is 0 Å². The Balaban J connectivity index is 3.68. The van der Waals surface area contributed by atoms with Crippen LogP contribution in [0.5, 0.6) is 0 Å². The van der Waals surface area contributed by atoms with Gasteiger partial charge in [-0.05, 0) is 0 Å². The van der Waals surface area contributed by atoms with Crippen LogP contribution in [-0.2, 0) is 21.1 Å². The number of nitrogens with zero attached hydrogens (tertiary/aromatic N) is 3. The first kappa shape index (κ1) is 22.3. The van der Waals surface area contributed by atoms with Crippen molar-refractivity contribution in [3.8, 4) is 0 Å². The molecule has 0 aromatic heterocycles. The molecule has 4 heteroatoms. The van der Waals surface area contributed by atoms with E-state index in [4.69, 9.17) is 0 Å². The molecule has 0 saturated carbocycles. The van der Waals surface area contributed by atoms with E-state index in [0.29, 0.717) is 0 Å². The van der Waals surface area contributed by atoms with Gasteiger partial charge in [0.15, 0.2) is 0 Å². The molecule has 24 heavy (non-hydrogen) atoms. The van der Waals surface area contributed by atoms with Gasteiger partial charge >= 0.3 is 158 Å². The molecular formula is C20H41N3Zr. The zero-order valence-corrected chi connectivity index (χ0v) is 20.2. The average molecular weight is 415 g/mol. The molecule has 0 fully saturated rings. The third kappa shape index (κ3) is 3.68. The van der Waals surface area contributed by atoms with Crippen molar-refractivity contribution >= 4 is 0 Å². The Labute approximate surface area is 157 Å². The van der Waals surface area contributed by atoms with Crippen molar-refractivity contribution in [2.75, 3.05) is 42.3 Å². The van der Waals surface area contributed by atoms with Crippen molar-refractivity contribution in [2.24, 2.45) is 0 Å². The van der Waals surface area contributed by atoms with Gasteiger partial charge in [0.1, 0.15) is 0 Å². The van der Waals surface area contributed by atoms with Crippen molar-refractivity contribution < 1.29 is 21.1 Å². The Bertz CT molecular complexity index is 444. The standard InChI is InChI=1S/C14H23.3C2H6N.Zr/c1-4-7-12-10-13(8-5-2)14(11-12)9-6-3;3*1-3-2;/h10-11H,4-9H2,1-3H3;3*1-2H3;/q;3*-1;+3. The van der Waals surface area contributed by atoms with Crippen LogP contribution in [0.2, 0.25) is 3.12 Å². The van der Waals surface area contributed by atoms with Gasteiger partial charge in [0.25, 0.3) is 0 Å². The number of hydrogen-bond acceptors (Lipinski definition) is 3. The Morgan fingerprint density at radius 1 is 0.792 bits per heavy atom. The first-order valence-electron chi connectivity index (χ1n) is 9.69. The molecule has 3 nitrogen and oxygen atoms in total. The van der Waals surface area contributed by atoms with Gasteiger partial charge < -0.3 is 0 Å². The van der Waals surface area contributed by atoms with E-state index < -0.39 is 21.1 Å². The molecule has 1 aliphatic rings. The minimum atomic E-state index is -3.06. The second kappa shape index (κ2) is 9.26. The minimum absolute atomic E-state index is 0.250. The molecule has 1 atom stereocenters. The summed E-state index contributed by atoms with van der Waals surface area (Å²) in [6, 6.07) is 0. The molecule has 1 unspecified atom stereocenters. The summed E-state index contributed by atoms with van der Waals surface area (Å²) in [6.45, 7) is 6.98. The van der Waals surface area contributed by atoms with Gasteiger partial charge in [0.2, 0.25) is 0 Å². The summed E-state index contributed by atoms with van der Waals surface area (Å²) in [5, 5.41) is 0. The zero-order chi connectivity index (χ0) is 18.5. The first-order valence-corrected chi connectivity index (χ1v) is 14.2. The summed E-state index contributed by atoms with van der Waals surface area (Å²) in [4.78, 5) is 0. The third-order valence-electron chi connectivity index (χ3n) is 5.54. The SMILES string of the molecule is CCCC1=C[C](CCC)([Zr]([N](C)C)([N](C)C)[N](C)C)C(CCC)=C1. The van der Waals surface area contributed by atoms with Crippen LogP contribution < -0.4 is 0 Å². The maximum absolute atomic E-state index is 3.06.